The third-order valence-electron chi connectivity index (χ3n) is 3.98. The van der Waals surface area contributed by atoms with Crippen LogP contribution in [-0.4, -0.2) is 49.6 Å². The molecule has 2 aromatic rings. The first-order valence-corrected chi connectivity index (χ1v) is 8.74. The van der Waals surface area contributed by atoms with Crippen LogP contribution in [-0.2, 0) is 15.3 Å². The lowest BCUT2D eigenvalue weighted by Crippen LogP contribution is -2.41. The third-order valence-corrected chi connectivity index (χ3v) is 4.93. The molecule has 23 heavy (non-hydrogen) atoms. The molecule has 1 amide bonds. The van der Waals surface area contributed by atoms with Crippen LogP contribution in [0.25, 0.3) is 5.65 Å². The van der Waals surface area contributed by atoms with Gasteiger partial charge >= 0.3 is 5.97 Å². The van der Waals surface area contributed by atoms with Crippen LogP contribution in [0.3, 0.4) is 0 Å². The number of aryl methyl sites for hydroxylation is 1. The summed E-state index contributed by atoms with van der Waals surface area (Å²) in [6, 6.07) is 3.33. The van der Waals surface area contributed by atoms with Gasteiger partial charge in [-0.15, -0.1) is 11.8 Å². The highest BCUT2D eigenvalue weighted by molar-refractivity contribution is 7.99. The number of hydrogen-bond donors (Lipinski definition) is 1. The van der Waals surface area contributed by atoms with E-state index in [1.807, 2.05) is 35.9 Å². The van der Waals surface area contributed by atoms with E-state index >= 15 is 0 Å². The molecule has 7 heteroatoms. The Bertz CT molecular complexity index is 743. The van der Waals surface area contributed by atoms with E-state index in [4.69, 9.17) is 5.11 Å². The lowest BCUT2D eigenvalue weighted by atomic mass is 10.2. The first kappa shape index (κ1) is 15.9. The van der Waals surface area contributed by atoms with Crippen molar-refractivity contribution in [3.8, 4) is 0 Å². The molecule has 2 aromatic heterocycles. The van der Waals surface area contributed by atoms with Gasteiger partial charge in [-0.1, -0.05) is 6.07 Å². The van der Waals surface area contributed by atoms with Gasteiger partial charge in [-0.2, -0.15) is 0 Å². The van der Waals surface area contributed by atoms with Crippen LogP contribution in [0.15, 0.2) is 24.5 Å². The van der Waals surface area contributed by atoms with Crippen molar-refractivity contribution in [2.24, 2.45) is 0 Å². The van der Waals surface area contributed by atoms with Crippen molar-refractivity contribution in [1.29, 1.82) is 0 Å². The summed E-state index contributed by atoms with van der Waals surface area (Å²) in [4.78, 5) is 29.3. The van der Waals surface area contributed by atoms with Crippen molar-refractivity contribution < 1.29 is 14.7 Å². The molecule has 0 bridgehead atoms. The first-order chi connectivity index (χ1) is 11.0. The molecule has 0 aromatic carbocycles. The average Bonchev–Trinajstić information content (AvgIpc) is 3.12. The topological polar surface area (TPSA) is 74.9 Å². The fourth-order valence-electron chi connectivity index (χ4n) is 2.87. The van der Waals surface area contributed by atoms with Crippen molar-refractivity contribution in [3.05, 3.63) is 35.8 Å². The van der Waals surface area contributed by atoms with Gasteiger partial charge in [0.25, 0.3) is 0 Å². The Balaban J connectivity index is 1.56. The molecule has 6 nitrogen and oxygen atoms in total. The number of imidazole rings is 1. The second-order valence-corrected chi connectivity index (χ2v) is 6.77. The summed E-state index contributed by atoms with van der Waals surface area (Å²) in [5.41, 5.74) is 2.98. The zero-order chi connectivity index (χ0) is 16.4. The maximum atomic E-state index is 12.2. The monoisotopic (exact) mass is 333 g/mol. The number of carboxylic acid groups (broad SMARTS) is 1. The number of carbonyl (C=O) groups excluding carboxylic acids is 1. The zero-order valence-electron chi connectivity index (χ0n) is 12.9. The molecular weight excluding hydrogens is 314 g/mol. The normalized spacial score (nSPS) is 17.8. The smallest absolute Gasteiger partial charge is 0.326 e. The number of aromatic nitrogens is 2. The van der Waals surface area contributed by atoms with Gasteiger partial charge in [0, 0.05) is 24.7 Å². The maximum Gasteiger partial charge on any atom is 0.326 e. The molecule has 122 valence electrons. The molecule has 0 spiro atoms. The highest BCUT2D eigenvalue weighted by atomic mass is 32.2. The molecule has 3 rings (SSSR count). The minimum atomic E-state index is -0.906. The van der Waals surface area contributed by atoms with Crippen LogP contribution >= 0.6 is 11.8 Å². The van der Waals surface area contributed by atoms with E-state index < -0.39 is 12.0 Å². The van der Waals surface area contributed by atoms with E-state index in [-0.39, 0.29) is 11.7 Å². The number of nitrogens with zero attached hydrogens (tertiary/aromatic N) is 3. The first-order valence-electron chi connectivity index (χ1n) is 7.59. The molecule has 0 unspecified atom stereocenters. The Morgan fingerprint density at radius 1 is 1.39 bits per heavy atom. The van der Waals surface area contributed by atoms with Crippen LogP contribution in [0.1, 0.15) is 24.1 Å². The summed E-state index contributed by atoms with van der Waals surface area (Å²) in [5.74, 6) is -0.0783. The van der Waals surface area contributed by atoms with Gasteiger partial charge in [0.05, 0.1) is 11.4 Å². The van der Waals surface area contributed by atoms with Crippen LogP contribution in [0.4, 0.5) is 0 Å². The molecule has 3 heterocycles. The van der Waals surface area contributed by atoms with Gasteiger partial charge in [0.2, 0.25) is 5.91 Å². The van der Waals surface area contributed by atoms with E-state index in [1.165, 1.54) is 16.7 Å². The number of hydrogen-bond acceptors (Lipinski definition) is 4. The van der Waals surface area contributed by atoms with Crippen LogP contribution in [0, 0.1) is 6.92 Å². The number of amides is 1. The molecule has 1 N–H and O–H groups in total. The van der Waals surface area contributed by atoms with Crippen molar-refractivity contribution in [3.63, 3.8) is 0 Å². The van der Waals surface area contributed by atoms with E-state index in [0.717, 1.165) is 23.3 Å². The summed E-state index contributed by atoms with van der Waals surface area (Å²) in [5, 5.41) is 9.13. The van der Waals surface area contributed by atoms with Gasteiger partial charge < -0.3 is 14.4 Å². The van der Waals surface area contributed by atoms with Gasteiger partial charge in [-0.25, -0.2) is 9.78 Å². The minimum absolute atomic E-state index is 0.0977. The average molecular weight is 333 g/mol. The van der Waals surface area contributed by atoms with Gasteiger partial charge in [-0.3, -0.25) is 4.79 Å². The molecule has 1 fully saturated rings. The fourth-order valence-corrected chi connectivity index (χ4v) is 3.66. The number of carbonyl (C=O) groups is 2. The number of thioether (sulfide) groups is 1. The lowest BCUT2D eigenvalue weighted by Gasteiger charge is -2.21. The second-order valence-electron chi connectivity index (χ2n) is 5.78. The van der Waals surface area contributed by atoms with Crippen LogP contribution < -0.4 is 0 Å². The van der Waals surface area contributed by atoms with Crippen molar-refractivity contribution in [2.45, 2.75) is 31.6 Å². The zero-order valence-corrected chi connectivity index (χ0v) is 13.8. The van der Waals surface area contributed by atoms with Gasteiger partial charge in [-0.05, 0) is 31.4 Å². The number of fused-ring (bicyclic) bond motifs is 1. The number of carboxylic acids is 1. The highest BCUT2D eigenvalue weighted by Crippen LogP contribution is 2.20. The Hall–Kier alpha value is -2.02. The standard InChI is InChI=1S/C16H19N3O3S/c1-11-4-5-14-17-12(8-18(14)7-11)9-23-10-15(20)19-6-2-3-13(19)16(21)22/h4-5,7-8,13H,2-3,6,9-10H2,1H3,(H,21,22)/t13-/m0/s1. The molecule has 1 aliphatic heterocycles. The summed E-state index contributed by atoms with van der Waals surface area (Å²) < 4.78 is 1.98. The Labute approximate surface area is 138 Å². The van der Waals surface area contributed by atoms with Crippen LogP contribution in [0.2, 0.25) is 0 Å². The Kier molecular flexibility index (Phi) is 4.56. The maximum absolute atomic E-state index is 12.2. The predicted octanol–water partition coefficient (Wildman–Crippen LogP) is 1.95. The van der Waals surface area contributed by atoms with E-state index in [0.29, 0.717) is 18.7 Å². The summed E-state index contributed by atoms with van der Waals surface area (Å²) >= 11 is 1.47. The molecule has 0 radical (unpaired) electrons. The fraction of sp³-hybridized carbons (Fsp3) is 0.438. The SMILES string of the molecule is Cc1ccc2nc(CSCC(=O)N3CCC[C@H]3C(=O)O)cn2c1. The molecule has 0 aliphatic carbocycles. The quantitative estimate of drug-likeness (QED) is 0.905. The van der Waals surface area contributed by atoms with Crippen molar-refractivity contribution in [1.82, 2.24) is 14.3 Å². The molecule has 1 saturated heterocycles. The number of aliphatic carboxylic acids is 1. The Morgan fingerprint density at radius 3 is 3.00 bits per heavy atom. The largest absolute Gasteiger partial charge is 0.480 e. The van der Waals surface area contributed by atoms with E-state index in [1.54, 1.807) is 0 Å². The van der Waals surface area contributed by atoms with Crippen molar-refractivity contribution >= 4 is 29.3 Å². The molecular formula is C16H19N3O3S. The van der Waals surface area contributed by atoms with Crippen molar-refractivity contribution in [2.75, 3.05) is 12.3 Å². The third kappa shape index (κ3) is 3.50. The van der Waals surface area contributed by atoms with E-state index in [9.17, 15) is 9.59 Å². The summed E-state index contributed by atoms with van der Waals surface area (Å²) in [7, 11) is 0. The van der Waals surface area contributed by atoms with Gasteiger partial charge in [0.15, 0.2) is 0 Å². The number of likely N-dealkylation sites (tertiary alicyclic amines) is 1. The Morgan fingerprint density at radius 2 is 2.22 bits per heavy atom. The van der Waals surface area contributed by atoms with E-state index in [2.05, 4.69) is 4.98 Å². The lowest BCUT2D eigenvalue weighted by molar-refractivity contribution is -0.147. The number of pyridine rings is 1. The predicted molar refractivity (Wildman–Crippen MR) is 88.5 cm³/mol. The minimum Gasteiger partial charge on any atom is -0.480 e. The van der Waals surface area contributed by atoms with Crippen LogP contribution in [0.5, 0.6) is 0 Å². The molecule has 0 saturated carbocycles. The molecule has 1 atom stereocenters. The molecule has 1 aliphatic rings. The summed E-state index contributed by atoms with van der Waals surface area (Å²) in [6.45, 7) is 2.57. The number of rotatable bonds is 5. The van der Waals surface area contributed by atoms with Gasteiger partial charge in [0.1, 0.15) is 11.7 Å². The summed E-state index contributed by atoms with van der Waals surface area (Å²) in [6.07, 6.45) is 5.30. The highest BCUT2D eigenvalue weighted by Gasteiger charge is 2.33. The second kappa shape index (κ2) is 6.62.